The van der Waals surface area contributed by atoms with Gasteiger partial charge in [-0.2, -0.15) is 0 Å². The minimum Gasteiger partial charge on any atom is -0.347 e. The Morgan fingerprint density at radius 2 is 1.47 bits per heavy atom. The molecule has 1 aromatic heterocycles. The van der Waals surface area contributed by atoms with Gasteiger partial charge in [0.05, 0.1) is 35.3 Å². The Morgan fingerprint density at radius 1 is 0.770 bits per heavy atom. The van der Waals surface area contributed by atoms with E-state index < -0.39 is 48.0 Å². The van der Waals surface area contributed by atoms with Crippen LogP contribution >= 0.6 is 0 Å². The first-order valence-corrected chi connectivity index (χ1v) is 27.9. The number of amides is 5. The Labute approximate surface area is 436 Å². The van der Waals surface area contributed by atoms with Crippen molar-refractivity contribution in [3.8, 4) is 0 Å². The van der Waals surface area contributed by atoms with Gasteiger partial charge in [0, 0.05) is 18.5 Å². The first-order valence-electron chi connectivity index (χ1n) is 27.9. The molecule has 5 amide bonds. The van der Waals surface area contributed by atoms with E-state index in [9.17, 15) is 28.9 Å². The molecule has 6 aliphatic rings. The number of likely N-dealkylation sites (tertiary alicyclic amines) is 1. The number of carbonyl (C=O) groups excluding carboxylic acids is 5. The number of likely N-dealkylation sites (N-methyl/N-ethyl adjacent to an activating group) is 2. The summed E-state index contributed by atoms with van der Waals surface area (Å²) in [5.41, 5.74) is 6.53. The van der Waals surface area contributed by atoms with Crippen LogP contribution in [0, 0.1) is 22.7 Å². The molecule has 6 N–H and O–H groups in total. The quantitative estimate of drug-likeness (QED) is 0.0739. The van der Waals surface area contributed by atoms with Gasteiger partial charge in [0.1, 0.15) is 28.7 Å². The zero-order valence-electron chi connectivity index (χ0n) is 44.3. The Morgan fingerprint density at radius 3 is 2.22 bits per heavy atom. The fourth-order valence-electron chi connectivity index (χ4n) is 13.4. The SMILES string of the molecule is CN[C@@H](C)C(=O)N[C@H]1CCCCC2(C)CC[C@@H]([N+](=O)NC(c3ccccc3)c3cn(C4CCC([C@@H]5Cc6ccccc6[C@@H]5NC(=O)[C@@H]5CCCN5C(=O)[C@@H](NC(=O)[C@H](C)NC)C5CCCCC5)CC4)nn3)N2C1=O. The monoisotopic (exact) mass is 1020 g/mol. The highest BCUT2D eigenvalue weighted by molar-refractivity contribution is 5.94. The first kappa shape index (κ1) is 53.1. The number of benzene rings is 2. The van der Waals surface area contributed by atoms with Crippen molar-refractivity contribution in [2.75, 3.05) is 20.6 Å². The van der Waals surface area contributed by atoms with E-state index in [1.54, 1.807) is 37.7 Å². The van der Waals surface area contributed by atoms with Gasteiger partial charge in [-0.05, 0) is 146 Å². The van der Waals surface area contributed by atoms with Gasteiger partial charge in [-0.1, -0.05) is 91.9 Å². The molecule has 3 saturated heterocycles. The molecule has 400 valence electrons. The van der Waals surface area contributed by atoms with Crippen LogP contribution in [0.15, 0.2) is 60.8 Å². The predicted molar refractivity (Wildman–Crippen MR) is 280 cm³/mol. The van der Waals surface area contributed by atoms with Crippen LogP contribution in [0.3, 0.4) is 0 Å². The number of nitrogens with zero attached hydrogens (tertiary/aromatic N) is 6. The molecule has 0 spiro atoms. The van der Waals surface area contributed by atoms with E-state index in [4.69, 9.17) is 5.10 Å². The summed E-state index contributed by atoms with van der Waals surface area (Å²) in [5.74, 6) is -0.368. The number of aromatic nitrogens is 3. The van der Waals surface area contributed by atoms with Gasteiger partial charge >= 0.3 is 6.17 Å². The van der Waals surface area contributed by atoms with Crippen molar-refractivity contribution in [1.82, 2.24) is 56.8 Å². The summed E-state index contributed by atoms with van der Waals surface area (Å²) in [6.07, 6.45) is 16.0. The summed E-state index contributed by atoms with van der Waals surface area (Å²) in [4.78, 5) is 88.6. The molecule has 4 heterocycles. The van der Waals surface area contributed by atoms with Crippen molar-refractivity contribution in [3.63, 3.8) is 0 Å². The van der Waals surface area contributed by atoms with Gasteiger partial charge in [-0.3, -0.25) is 28.9 Å². The van der Waals surface area contributed by atoms with Gasteiger partial charge in [-0.25, -0.2) is 4.68 Å². The summed E-state index contributed by atoms with van der Waals surface area (Å²) in [6, 6.07) is 14.5. The van der Waals surface area contributed by atoms with E-state index in [0.29, 0.717) is 43.8 Å². The second kappa shape index (κ2) is 23.4. The van der Waals surface area contributed by atoms with Crippen LogP contribution < -0.4 is 32.0 Å². The molecule has 3 aliphatic heterocycles. The van der Waals surface area contributed by atoms with Crippen molar-refractivity contribution < 1.29 is 28.8 Å². The number of rotatable bonds is 17. The van der Waals surface area contributed by atoms with E-state index in [2.05, 4.69) is 62.3 Å². The Bertz CT molecular complexity index is 2470. The van der Waals surface area contributed by atoms with Crippen LogP contribution in [-0.2, 0) is 30.4 Å². The molecule has 9 rings (SSSR count). The summed E-state index contributed by atoms with van der Waals surface area (Å²) in [7, 11) is 3.45. The lowest BCUT2D eigenvalue weighted by Gasteiger charge is -2.39. The maximum absolute atomic E-state index is 14.6. The standard InChI is InChI=1S/C56H80N12O6/c1-35(57-4)51(69)59-44-23-14-15-30-56(3)31-29-47(67(56)54(44)72)68(74)63-48(38-17-8-6-9-18-38)45-34-66(64-62-45)41-27-25-37(26-28-41)43-33-40-21-12-13-22-42(40)50(43)61-53(71)46-24-16-32-65(46)55(73)49(39-19-10-7-11-20-39)60-52(70)36(2)58-5/h6,8-9,12-13,17-18,21-22,34-37,39,41,43-44,46-50,57-58H,7,10-11,14-16,19-20,23-33H2,1-5H3,(H3-,59,60,61,63,69,70,71,74)/p+1/t35-,36-,37?,41?,43-,44-,46-,47+,48?,49-,50-,56?/m0/s1. The largest absolute Gasteiger partial charge is 0.347 e. The van der Waals surface area contributed by atoms with Crippen LogP contribution in [0.2, 0.25) is 0 Å². The van der Waals surface area contributed by atoms with E-state index in [1.165, 1.54) is 5.56 Å². The molecule has 2 unspecified atom stereocenters. The number of hydrogen-bond donors (Lipinski definition) is 6. The molecule has 0 radical (unpaired) electrons. The number of hydrazine groups is 1. The fraction of sp³-hybridized carbons (Fsp3) is 0.661. The number of fused-ring (bicyclic) bond motifs is 2. The van der Waals surface area contributed by atoms with E-state index in [0.717, 1.165) is 106 Å². The lowest BCUT2D eigenvalue weighted by atomic mass is 9.75. The second-order valence-electron chi connectivity index (χ2n) is 22.7. The molecule has 2 aromatic carbocycles. The third-order valence-electron chi connectivity index (χ3n) is 18.1. The van der Waals surface area contributed by atoms with Crippen LogP contribution in [0.1, 0.15) is 170 Å². The summed E-state index contributed by atoms with van der Waals surface area (Å²) >= 11 is 0. The lowest BCUT2D eigenvalue weighted by Crippen LogP contribution is -2.61. The van der Waals surface area contributed by atoms with E-state index >= 15 is 0 Å². The third kappa shape index (κ3) is 11.3. The second-order valence-corrected chi connectivity index (χ2v) is 22.7. The highest BCUT2D eigenvalue weighted by atomic mass is 16.3. The summed E-state index contributed by atoms with van der Waals surface area (Å²) in [5, 5.41) is 24.9. The third-order valence-corrected chi connectivity index (χ3v) is 18.1. The van der Waals surface area contributed by atoms with Crippen LogP contribution in [0.4, 0.5) is 0 Å². The van der Waals surface area contributed by atoms with Gasteiger partial charge in [-0.15, -0.1) is 10.5 Å². The predicted octanol–water partition coefficient (Wildman–Crippen LogP) is 5.45. The maximum Gasteiger partial charge on any atom is 0.311 e. The molecule has 2 saturated carbocycles. The summed E-state index contributed by atoms with van der Waals surface area (Å²) < 4.78 is 1.95. The van der Waals surface area contributed by atoms with Gasteiger partial charge in [0.2, 0.25) is 23.6 Å². The minimum absolute atomic E-state index is 0.0459. The molecule has 18 nitrogen and oxygen atoms in total. The molecule has 10 atom stereocenters. The fourth-order valence-corrected chi connectivity index (χ4v) is 13.4. The summed E-state index contributed by atoms with van der Waals surface area (Å²) in [6.45, 7) is 6.11. The highest BCUT2D eigenvalue weighted by Crippen LogP contribution is 2.47. The van der Waals surface area contributed by atoms with Crippen molar-refractivity contribution in [1.29, 1.82) is 0 Å². The molecule has 74 heavy (non-hydrogen) atoms. The van der Waals surface area contributed by atoms with Crippen molar-refractivity contribution in [2.24, 2.45) is 17.8 Å². The molecule has 3 aliphatic carbocycles. The highest BCUT2D eigenvalue weighted by Gasteiger charge is 2.55. The van der Waals surface area contributed by atoms with Crippen LogP contribution in [0.5, 0.6) is 0 Å². The Kier molecular flexibility index (Phi) is 16.8. The maximum atomic E-state index is 14.6. The van der Waals surface area contributed by atoms with Crippen molar-refractivity contribution in [3.05, 3.63) is 88.1 Å². The molecule has 0 bridgehead atoms. The van der Waals surface area contributed by atoms with Crippen molar-refractivity contribution >= 4 is 29.5 Å². The Hall–Kier alpha value is -5.75. The van der Waals surface area contributed by atoms with E-state index in [-0.39, 0.29) is 53.5 Å². The average molecular weight is 1020 g/mol. The topological polar surface area (TPSA) is 215 Å². The van der Waals surface area contributed by atoms with Crippen molar-refractivity contribution in [2.45, 2.75) is 196 Å². The van der Waals surface area contributed by atoms with Crippen LogP contribution in [0.25, 0.3) is 0 Å². The molecule has 3 aromatic rings. The number of nitrogens with one attached hydrogen (secondary N) is 6. The molecular weight excluding hydrogens is 937 g/mol. The number of carbonyl (C=O) groups is 5. The van der Waals surface area contributed by atoms with Gasteiger partial charge < -0.3 is 31.5 Å². The zero-order valence-corrected chi connectivity index (χ0v) is 44.3. The van der Waals surface area contributed by atoms with Gasteiger partial charge in [0.25, 0.3) is 5.91 Å². The zero-order chi connectivity index (χ0) is 52.1. The van der Waals surface area contributed by atoms with Crippen LogP contribution in [-0.4, -0.2) is 122 Å². The minimum atomic E-state index is -0.789. The Balaban J connectivity index is 0.869. The van der Waals surface area contributed by atoms with Gasteiger partial charge in [0.15, 0.2) is 6.04 Å². The lowest BCUT2D eigenvalue weighted by molar-refractivity contribution is -0.661. The molecular formula is C56H81N12O6+. The first-order chi connectivity index (χ1) is 35.8. The van der Waals surface area contributed by atoms with E-state index in [1.807, 2.05) is 47.3 Å². The molecule has 18 heteroatoms. The normalized spacial score (nSPS) is 28.9. The number of hydrogen-bond acceptors (Lipinski definition) is 10. The average Bonchev–Trinajstić information content (AvgIpc) is 4.26. The number of nitroso groups, excluding NO2 is 1. The molecule has 5 fully saturated rings. The smallest absolute Gasteiger partial charge is 0.311 e.